The first-order chi connectivity index (χ1) is 5.07. The van der Waals surface area contributed by atoms with Crippen LogP contribution in [0.2, 0.25) is 0 Å². The second kappa shape index (κ2) is 2.12. The van der Waals surface area contributed by atoms with Gasteiger partial charge in [0.1, 0.15) is 0 Å². The molecule has 0 unspecified atom stereocenters. The molecule has 2 rings (SSSR count). The standard InChI is InChI=1S/C7H10F3N/c8-7(9,10)5-3-4-1-2-6(5)11-4/h4-6,11H,1-3H2/t4-,5+,6-/m1/s1. The molecule has 1 nitrogen and oxygen atoms in total. The molecule has 2 bridgehead atoms. The lowest BCUT2D eigenvalue weighted by molar-refractivity contribution is -0.178. The monoisotopic (exact) mass is 165 g/mol. The zero-order chi connectivity index (χ0) is 8.06. The molecule has 0 aliphatic carbocycles. The fraction of sp³-hybridized carbons (Fsp3) is 1.00. The van der Waals surface area contributed by atoms with Gasteiger partial charge in [0.15, 0.2) is 0 Å². The van der Waals surface area contributed by atoms with Crippen LogP contribution in [0.4, 0.5) is 13.2 Å². The van der Waals surface area contributed by atoms with Crippen LogP contribution in [0.15, 0.2) is 0 Å². The topological polar surface area (TPSA) is 12.0 Å². The van der Waals surface area contributed by atoms with Crippen LogP contribution in [0.1, 0.15) is 19.3 Å². The van der Waals surface area contributed by atoms with Gasteiger partial charge in [0.25, 0.3) is 0 Å². The molecule has 1 N–H and O–H groups in total. The molecule has 2 aliphatic heterocycles. The van der Waals surface area contributed by atoms with E-state index in [2.05, 4.69) is 5.32 Å². The average Bonchev–Trinajstić information content (AvgIpc) is 2.42. The number of fused-ring (bicyclic) bond motifs is 2. The van der Waals surface area contributed by atoms with E-state index < -0.39 is 12.1 Å². The van der Waals surface area contributed by atoms with Gasteiger partial charge in [0.2, 0.25) is 0 Å². The third-order valence-electron chi connectivity index (χ3n) is 2.72. The molecule has 2 heterocycles. The second-order valence-corrected chi connectivity index (χ2v) is 3.43. The lowest BCUT2D eigenvalue weighted by Crippen LogP contribution is -2.33. The van der Waals surface area contributed by atoms with E-state index in [1.165, 1.54) is 0 Å². The normalized spacial score (nSPS) is 43.4. The van der Waals surface area contributed by atoms with Crippen LogP contribution in [0.5, 0.6) is 0 Å². The summed E-state index contributed by atoms with van der Waals surface area (Å²) >= 11 is 0. The summed E-state index contributed by atoms with van der Waals surface area (Å²) in [6, 6.07) is -0.133. The van der Waals surface area contributed by atoms with Gasteiger partial charge < -0.3 is 5.32 Å². The third-order valence-corrected chi connectivity index (χ3v) is 2.72. The van der Waals surface area contributed by atoms with Crippen molar-refractivity contribution >= 4 is 0 Å². The molecule has 2 aliphatic rings. The van der Waals surface area contributed by atoms with E-state index in [4.69, 9.17) is 0 Å². The predicted molar refractivity (Wildman–Crippen MR) is 34.1 cm³/mol. The van der Waals surface area contributed by atoms with E-state index in [1.807, 2.05) is 0 Å². The van der Waals surface area contributed by atoms with E-state index in [9.17, 15) is 13.2 Å². The molecule has 2 saturated heterocycles. The molecule has 0 aromatic heterocycles. The Bertz CT molecular complexity index is 166. The number of alkyl halides is 3. The summed E-state index contributed by atoms with van der Waals surface area (Å²) in [5, 5.41) is 2.96. The van der Waals surface area contributed by atoms with Crippen molar-refractivity contribution in [2.24, 2.45) is 5.92 Å². The lowest BCUT2D eigenvalue weighted by atomic mass is 9.89. The Hall–Kier alpha value is -0.250. The van der Waals surface area contributed by atoms with Crippen molar-refractivity contribution in [3.05, 3.63) is 0 Å². The number of hydrogen-bond donors (Lipinski definition) is 1. The number of hydrogen-bond acceptors (Lipinski definition) is 1. The molecule has 0 aromatic carbocycles. The van der Waals surface area contributed by atoms with Crippen molar-refractivity contribution in [1.82, 2.24) is 5.32 Å². The molecule has 3 atom stereocenters. The van der Waals surface area contributed by atoms with Crippen molar-refractivity contribution in [3.8, 4) is 0 Å². The highest BCUT2D eigenvalue weighted by Crippen LogP contribution is 2.42. The Morgan fingerprint density at radius 3 is 2.18 bits per heavy atom. The van der Waals surface area contributed by atoms with Gasteiger partial charge in [-0.15, -0.1) is 0 Å². The Balaban J connectivity index is 2.08. The molecular weight excluding hydrogens is 155 g/mol. The lowest BCUT2D eigenvalue weighted by Gasteiger charge is -2.22. The van der Waals surface area contributed by atoms with Gasteiger partial charge in [0, 0.05) is 12.1 Å². The summed E-state index contributed by atoms with van der Waals surface area (Å²) in [6.07, 6.45) is -2.05. The fourth-order valence-corrected chi connectivity index (χ4v) is 2.19. The predicted octanol–water partition coefficient (Wildman–Crippen LogP) is 1.69. The average molecular weight is 165 g/mol. The maximum absolute atomic E-state index is 12.2. The van der Waals surface area contributed by atoms with Gasteiger partial charge in [-0.05, 0) is 19.3 Å². The highest BCUT2D eigenvalue weighted by molar-refractivity contribution is 4.99. The SMILES string of the molecule is FC(F)(F)[C@H]1C[C@H]2CC[C@H]1N2. The molecule has 64 valence electrons. The van der Waals surface area contributed by atoms with Gasteiger partial charge in [-0.3, -0.25) is 0 Å². The third kappa shape index (κ3) is 1.13. The first-order valence-corrected chi connectivity index (χ1v) is 3.90. The van der Waals surface area contributed by atoms with E-state index in [1.54, 1.807) is 0 Å². The van der Waals surface area contributed by atoms with E-state index in [0.717, 1.165) is 6.42 Å². The van der Waals surface area contributed by atoms with Crippen LogP contribution in [0.3, 0.4) is 0 Å². The summed E-state index contributed by atoms with van der Waals surface area (Å²) in [5.41, 5.74) is 0. The maximum atomic E-state index is 12.2. The van der Waals surface area contributed by atoms with Crippen molar-refractivity contribution in [1.29, 1.82) is 0 Å². The molecule has 0 saturated carbocycles. The van der Waals surface area contributed by atoms with Gasteiger partial charge in [-0.25, -0.2) is 0 Å². The number of nitrogens with one attached hydrogen (secondary N) is 1. The van der Waals surface area contributed by atoms with E-state index in [-0.39, 0.29) is 12.1 Å². The summed E-state index contributed by atoms with van der Waals surface area (Å²) in [5.74, 6) is -1.07. The highest BCUT2D eigenvalue weighted by Gasteiger charge is 2.52. The first kappa shape index (κ1) is 7.40. The van der Waals surface area contributed by atoms with Crippen LogP contribution in [-0.4, -0.2) is 18.3 Å². The molecule has 11 heavy (non-hydrogen) atoms. The van der Waals surface area contributed by atoms with Gasteiger partial charge in [-0.1, -0.05) is 0 Å². The highest BCUT2D eigenvalue weighted by atomic mass is 19.4. The van der Waals surface area contributed by atoms with Crippen molar-refractivity contribution in [2.75, 3.05) is 0 Å². The minimum atomic E-state index is -3.98. The molecule has 0 aromatic rings. The first-order valence-electron chi connectivity index (χ1n) is 3.90. The summed E-state index contributed by atoms with van der Waals surface area (Å²) in [6.45, 7) is 0. The Labute approximate surface area is 63.0 Å². The van der Waals surface area contributed by atoms with Crippen LogP contribution in [-0.2, 0) is 0 Å². The smallest absolute Gasteiger partial charge is 0.311 e. The number of rotatable bonds is 0. The Morgan fingerprint density at radius 1 is 1.18 bits per heavy atom. The van der Waals surface area contributed by atoms with Crippen LogP contribution in [0.25, 0.3) is 0 Å². The van der Waals surface area contributed by atoms with Crippen molar-refractivity contribution in [2.45, 2.75) is 37.5 Å². The Kier molecular flexibility index (Phi) is 1.43. The quantitative estimate of drug-likeness (QED) is 0.576. The molecule has 4 heteroatoms. The zero-order valence-corrected chi connectivity index (χ0v) is 5.99. The van der Waals surface area contributed by atoms with Crippen LogP contribution < -0.4 is 5.32 Å². The summed E-state index contributed by atoms with van der Waals surface area (Å²) < 4.78 is 36.5. The molecular formula is C7H10F3N. The minimum Gasteiger partial charge on any atom is -0.311 e. The molecule has 0 radical (unpaired) electrons. The summed E-state index contributed by atoms with van der Waals surface area (Å²) in [4.78, 5) is 0. The Morgan fingerprint density at radius 2 is 1.91 bits per heavy atom. The molecule has 0 amide bonds. The number of halogens is 3. The summed E-state index contributed by atoms with van der Waals surface area (Å²) in [7, 11) is 0. The van der Waals surface area contributed by atoms with Crippen molar-refractivity contribution < 1.29 is 13.2 Å². The van der Waals surface area contributed by atoms with Crippen LogP contribution in [0, 0.1) is 5.92 Å². The van der Waals surface area contributed by atoms with E-state index >= 15 is 0 Å². The van der Waals surface area contributed by atoms with Gasteiger partial charge >= 0.3 is 6.18 Å². The molecule has 0 spiro atoms. The minimum absolute atomic E-state index is 0.145. The van der Waals surface area contributed by atoms with Crippen LogP contribution >= 0.6 is 0 Å². The molecule has 2 fully saturated rings. The largest absolute Gasteiger partial charge is 0.393 e. The maximum Gasteiger partial charge on any atom is 0.393 e. The van der Waals surface area contributed by atoms with E-state index in [0.29, 0.717) is 12.8 Å². The second-order valence-electron chi connectivity index (χ2n) is 3.43. The fourth-order valence-electron chi connectivity index (χ4n) is 2.19. The van der Waals surface area contributed by atoms with Crippen molar-refractivity contribution in [3.63, 3.8) is 0 Å². The van der Waals surface area contributed by atoms with Gasteiger partial charge in [-0.2, -0.15) is 13.2 Å². The van der Waals surface area contributed by atoms with Gasteiger partial charge in [0.05, 0.1) is 5.92 Å². The zero-order valence-electron chi connectivity index (χ0n) is 5.99.